The van der Waals surface area contributed by atoms with Crippen LogP contribution < -0.4 is 15.4 Å². The Morgan fingerprint density at radius 1 is 1.24 bits per heavy atom. The fraction of sp³-hybridized carbons (Fsp3) is 0.588. The standard InChI is InChI=1S/C17H26N2O2/c1-11(2)18-17(20)12(3)19-14-9-13(10-14)15-7-5-6-8-16(15)21-4/h5-8,11-14,19H,9-10H2,1-4H3,(H,18,20). The van der Waals surface area contributed by atoms with Gasteiger partial charge in [-0.3, -0.25) is 4.79 Å². The summed E-state index contributed by atoms with van der Waals surface area (Å²) in [5, 5.41) is 6.34. The number of hydrogen-bond acceptors (Lipinski definition) is 3. The van der Waals surface area contributed by atoms with Gasteiger partial charge < -0.3 is 15.4 Å². The van der Waals surface area contributed by atoms with E-state index >= 15 is 0 Å². The molecule has 2 rings (SSSR count). The van der Waals surface area contributed by atoms with Crippen molar-refractivity contribution in [1.82, 2.24) is 10.6 Å². The van der Waals surface area contributed by atoms with Gasteiger partial charge in [-0.15, -0.1) is 0 Å². The molecule has 0 saturated heterocycles. The van der Waals surface area contributed by atoms with Gasteiger partial charge in [0.2, 0.25) is 5.91 Å². The van der Waals surface area contributed by atoms with Gasteiger partial charge in [-0.25, -0.2) is 0 Å². The summed E-state index contributed by atoms with van der Waals surface area (Å²) < 4.78 is 5.42. The van der Waals surface area contributed by atoms with Crippen LogP contribution in [0.25, 0.3) is 0 Å². The average molecular weight is 290 g/mol. The lowest BCUT2D eigenvalue weighted by atomic mass is 9.75. The molecule has 0 aliphatic heterocycles. The van der Waals surface area contributed by atoms with E-state index in [2.05, 4.69) is 22.8 Å². The minimum Gasteiger partial charge on any atom is -0.496 e. The van der Waals surface area contributed by atoms with E-state index < -0.39 is 0 Å². The van der Waals surface area contributed by atoms with Crippen molar-refractivity contribution in [1.29, 1.82) is 0 Å². The fourth-order valence-electron chi connectivity index (χ4n) is 2.85. The number of rotatable bonds is 6. The lowest BCUT2D eigenvalue weighted by Crippen LogP contribution is -2.51. The first-order valence-corrected chi connectivity index (χ1v) is 7.70. The average Bonchev–Trinajstić information content (AvgIpc) is 2.41. The summed E-state index contributed by atoms with van der Waals surface area (Å²) in [7, 11) is 1.71. The zero-order valence-corrected chi connectivity index (χ0v) is 13.3. The van der Waals surface area contributed by atoms with Gasteiger partial charge in [0.15, 0.2) is 0 Å². The third-order valence-corrected chi connectivity index (χ3v) is 4.03. The lowest BCUT2D eigenvalue weighted by Gasteiger charge is -2.38. The topological polar surface area (TPSA) is 50.4 Å². The number of ether oxygens (including phenoxy) is 1. The van der Waals surface area contributed by atoms with Gasteiger partial charge in [-0.2, -0.15) is 0 Å². The molecule has 0 spiro atoms. The Labute approximate surface area is 127 Å². The van der Waals surface area contributed by atoms with Crippen molar-refractivity contribution in [3.63, 3.8) is 0 Å². The van der Waals surface area contributed by atoms with Crippen LogP contribution in [-0.4, -0.2) is 31.1 Å². The van der Waals surface area contributed by atoms with Crippen molar-refractivity contribution in [3.8, 4) is 5.75 Å². The molecule has 1 saturated carbocycles. The number of carbonyl (C=O) groups is 1. The summed E-state index contributed by atoms with van der Waals surface area (Å²) in [6, 6.07) is 8.64. The van der Waals surface area contributed by atoms with E-state index in [9.17, 15) is 4.79 Å². The van der Waals surface area contributed by atoms with Gasteiger partial charge in [0.05, 0.1) is 13.2 Å². The van der Waals surface area contributed by atoms with Crippen LogP contribution in [0.3, 0.4) is 0 Å². The van der Waals surface area contributed by atoms with Crippen molar-refractivity contribution in [2.75, 3.05) is 7.11 Å². The smallest absolute Gasteiger partial charge is 0.237 e. The molecular formula is C17H26N2O2. The third kappa shape index (κ3) is 3.97. The predicted molar refractivity (Wildman–Crippen MR) is 84.6 cm³/mol. The molecule has 2 N–H and O–H groups in total. The molecule has 4 nitrogen and oxygen atoms in total. The zero-order valence-electron chi connectivity index (χ0n) is 13.3. The second-order valence-corrected chi connectivity index (χ2v) is 6.16. The van der Waals surface area contributed by atoms with E-state index in [4.69, 9.17) is 4.74 Å². The van der Waals surface area contributed by atoms with Gasteiger partial charge in [-0.1, -0.05) is 18.2 Å². The monoisotopic (exact) mass is 290 g/mol. The highest BCUT2D eigenvalue weighted by atomic mass is 16.5. The molecule has 0 radical (unpaired) electrons. The van der Waals surface area contributed by atoms with E-state index in [0.717, 1.165) is 18.6 Å². The second kappa shape index (κ2) is 6.94. The molecule has 0 bridgehead atoms. The van der Waals surface area contributed by atoms with E-state index in [0.29, 0.717) is 12.0 Å². The Morgan fingerprint density at radius 3 is 2.52 bits per heavy atom. The molecule has 1 aliphatic carbocycles. The van der Waals surface area contributed by atoms with Crippen LogP contribution in [0.2, 0.25) is 0 Å². The molecule has 1 aromatic carbocycles. The molecule has 1 amide bonds. The lowest BCUT2D eigenvalue weighted by molar-refractivity contribution is -0.123. The maximum Gasteiger partial charge on any atom is 0.237 e. The number of methoxy groups -OCH3 is 1. The van der Waals surface area contributed by atoms with E-state index in [1.54, 1.807) is 7.11 Å². The van der Waals surface area contributed by atoms with Crippen LogP contribution in [0.5, 0.6) is 5.75 Å². The summed E-state index contributed by atoms with van der Waals surface area (Å²) in [5.41, 5.74) is 1.28. The maximum atomic E-state index is 11.9. The Balaban J connectivity index is 1.83. The highest BCUT2D eigenvalue weighted by Crippen LogP contribution is 2.41. The SMILES string of the molecule is COc1ccccc1C1CC(NC(C)C(=O)NC(C)C)C1. The van der Waals surface area contributed by atoms with Crippen LogP contribution in [0.1, 0.15) is 45.1 Å². The molecule has 0 heterocycles. The number of benzene rings is 1. The van der Waals surface area contributed by atoms with Gasteiger partial charge in [0, 0.05) is 12.1 Å². The molecule has 21 heavy (non-hydrogen) atoms. The second-order valence-electron chi connectivity index (χ2n) is 6.16. The molecule has 4 heteroatoms. The first kappa shape index (κ1) is 15.8. The van der Waals surface area contributed by atoms with E-state index in [1.807, 2.05) is 32.9 Å². The molecule has 1 unspecified atom stereocenters. The summed E-state index contributed by atoms with van der Waals surface area (Å²) >= 11 is 0. The molecule has 0 aromatic heterocycles. The van der Waals surface area contributed by atoms with Crippen molar-refractivity contribution in [2.24, 2.45) is 0 Å². The van der Waals surface area contributed by atoms with Gasteiger partial charge in [0.1, 0.15) is 5.75 Å². The Kier molecular flexibility index (Phi) is 5.23. The number of nitrogens with one attached hydrogen (secondary N) is 2. The highest BCUT2D eigenvalue weighted by molar-refractivity contribution is 5.81. The number of para-hydroxylation sites is 1. The van der Waals surface area contributed by atoms with Crippen molar-refractivity contribution >= 4 is 5.91 Å². The Hall–Kier alpha value is -1.55. The van der Waals surface area contributed by atoms with Crippen molar-refractivity contribution in [3.05, 3.63) is 29.8 Å². The molecule has 1 fully saturated rings. The minimum absolute atomic E-state index is 0.0748. The number of hydrogen-bond donors (Lipinski definition) is 2. The third-order valence-electron chi connectivity index (χ3n) is 4.03. The van der Waals surface area contributed by atoms with Crippen LogP contribution in [0.15, 0.2) is 24.3 Å². The normalized spacial score (nSPS) is 22.5. The molecular weight excluding hydrogens is 264 g/mol. The van der Waals surface area contributed by atoms with E-state index in [1.165, 1.54) is 5.56 Å². The summed E-state index contributed by atoms with van der Waals surface area (Å²) in [4.78, 5) is 11.9. The van der Waals surface area contributed by atoms with Gasteiger partial charge in [0.25, 0.3) is 0 Å². The summed E-state index contributed by atoms with van der Waals surface area (Å²) in [6.45, 7) is 5.88. The zero-order chi connectivity index (χ0) is 15.4. The van der Waals surface area contributed by atoms with Gasteiger partial charge >= 0.3 is 0 Å². The fourth-order valence-corrected chi connectivity index (χ4v) is 2.85. The number of carbonyl (C=O) groups excluding carboxylic acids is 1. The Bertz CT molecular complexity index is 481. The summed E-state index contributed by atoms with van der Waals surface area (Å²) in [6.07, 6.45) is 2.11. The van der Waals surface area contributed by atoms with E-state index in [-0.39, 0.29) is 18.0 Å². The molecule has 1 aromatic rings. The Morgan fingerprint density at radius 2 is 1.90 bits per heavy atom. The first-order chi connectivity index (χ1) is 10.0. The molecule has 1 aliphatic rings. The largest absolute Gasteiger partial charge is 0.496 e. The molecule has 116 valence electrons. The molecule has 1 atom stereocenters. The van der Waals surface area contributed by atoms with Crippen molar-refractivity contribution < 1.29 is 9.53 Å². The first-order valence-electron chi connectivity index (χ1n) is 7.70. The van der Waals surface area contributed by atoms with Crippen LogP contribution in [-0.2, 0) is 4.79 Å². The van der Waals surface area contributed by atoms with Crippen molar-refractivity contribution in [2.45, 2.75) is 57.7 Å². The van der Waals surface area contributed by atoms with Gasteiger partial charge in [-0.05, 0) is 51.2 Å². The number of amides is 1. The predicted octanol–water partition coefficient (Wildman–Crippen LogP) is 2.44. The maximum absolute atomic E-state index is 11.9. The highest BCUT2D eigenvalue weighted by Gasteiger charge is 2.33. The quantitative estimate of drug-likeness (QED) is 0.846. The van der Waals surface area contributed by atoms with Crippen LogP contribution in [0, 0.1) is 0 Å². The minimum atomic E-state index is -0.143. The van der Waals surface area contributed by atoms with Crippen LogP contribution >= 0.6 is 0 Å². The van der Waals surface area contributed by atoms with Crippen LogP contribution in [0.4, 0.5) is 0 Å². The summed E-state index contributed by atoms with van der Waals surface area (Å²) in [5.74, 6) is 1.57.